The quantitative estimate of drug-likeness (QED) is 0.789. The predicted molar refractivity (Wildman–Crippen MR) is 83.3 cm³/mol. The number of nitriles is 1. The summed E-state index contributed by atoms with van der Waals surface area (Å²) in [6, 6.07) is 5.17. The number of fused-ring (bicyclic) bond motifs is 2. The van der Waals surface area contributed by atoms with Crippen molar-refractivity contribution in [2.45, 2.75) is 63.8 Å². The smallest absolute Gasteiger partial charge is 0.147 e. The van der Waals surface area contributed by atoms with Crippen molar-refractivity contribution in [1.82, 2.24) is 4.98 Å². The van der Waals surface area contributed by atoms with Gasteiger partial charge in [0.05, 0.1) is 5.56 Å². The van der Waals surface area contributed by atoms with E-state index in [1.54, 1.807) is 0 Å². The highest BCUT2D eigenvalue weighted by Gasteiger charge is 2.35. The molecule has 1 aliphatic heterocycles. The summed E-state index contributed by atoms with van der Waals surface area (Å²) >= 11 is 0. The number of aryl methyl sites for hydroxylation is 2. The minimum Gasteiger partial charge on any atom is -0.352 e. The fourth-order valence-electron chi connectivity index (χ4n) is 4.65. The van der Waals surface area contributed by atoms with Crippen LogP contribution in [0, 0.1) is 17.2 Å². The molecule has 0 spiro atoms. The summed E-state index contributed by atoms with van der Waals surface area (Å²) in [5.74, 6) is 1.82. The number of aromatic nitrogens is 1. The molecule has 2 heterocycles. The molecule has 4 rings (SSSR count). The molecule has 0 amide bonds. The SMILES string of the molecule is N#Cc1cc2c(nc1N1CCCC3CCCCC31)CCC2. The summed E-state index contributed by atoms with van der Waals surface area (Å²) in [5.41, 5.74) is 3.37. The van der Waals surface area contributed by atoms with Crippen LogP contribution in [0.4, 0.5) is 5.82 Å². The molecule has 3 heteroatoms. The minimum absolute atomic E-state index is 0.631. The van der Waals surface area contributed by atoms with Crippen molar-refractivity contribution in [2.24, 2.45) is 5.92 Å². The summed E-state index contributed by atoms with van der Waals surface area (Å²) in [6.45, 7) is 1.08. The Morgan fingerprint density at radius 2 is 1.95 bits per heavy atom. The summed E-state index contributed by atoms with van der Waals surface area (Å²) < 4.78 is 0. The largest absolute Gasteiger partial charge is 0.352 e. The molecular weight excluding hydrogens is 258 g/mol. The van der Waals surface area contributed by atoms with Gasteiger partial charge in [-0.1, -0.05) is 12.8 Å². The fraction of sp³-hybridized carbons (Fsp3) is 0.667. The van der Waals surface area contributed by atoms with Crippen molar-refractivity contribution in [3.8, 4) is 6.07 Å². The molecular formula is C18H23N3. The summed E-state index contributed by atoms with van der Waals surface area (Å²) in [5, 5.41) is 9.56. The molecule has 0 bridgehead atoms. The van der Waals surface area contributed by atoms with Crippen LogP contribution in [0.3, 0.4) is 0 Å². The Morgan fingerprint density at radius 1 is 1.10 bits per heavy atom. The maximum Gasteiger partial charge on any atom is 0.147 e. The van der Waals surface area contributed by atoms with E-state index in [-0.39, 0.29) is 0 Å². The van der Waals surface area contributed by atoms with E-state index in [9.17, 15) is 5.26 Å². The topological polar surface area (TPSA) is 39.9 Å². The van der Waals surface area contributed by atoms with Crippen molar-refractivity contribution in [1.29, 1.82) is 5.26 Å². The van der Waals surface area contributed by atoms with Gasteiger partial charge in [0.2, 0.25) is 0 Å². The first-order chi connectivity index (χ1) is 10.4. The minimum atomic E-state index is 0.631. The third kappa shape index (κ3) is 2.21. The lowest BCUT2D eigenvalue weighted by Crippen LogP contribution is -2.47. The van der Waals surface area contributed by atoms with Gasteiger partial charge in [0, 0.05) is 18.3 Å². The van der Waals surface area contributed by atoms with Crippen LogP contribution >= 0.6 is 0 Å². The van der Waals surface area contributed by atoms with Crippen LogP contribution in [0.15, 0.2) is 6.07 Å². The highest BCUT2D eigenvalue weighted by Crippen LogP contribution is 2.39. The number of hydrogen-bond acceptors (Lipinski definition) is 3. The molecule has 1 saturated carbocycles. The second-order valence-corrected chi connectivity index (χ2v) is 6.88. The van der Waals surface area contributed by atoms with Crippen LogP contribution in [0.2, 0.25) is 0 Å². The Labute approximate surface area is 127 Å². The van der Waals surface area contributed by atoms with Gasteiger partial charge in [-0.25, -0.2) is 4.98 Å². The highest BCUT2D eigenvalue weighted by atomic mass is 15.2. The predicted octanol–water partition coefficient (Wildman–Crippen LogP) is 3.60. The van der Waals surface area contributed by atoms with Gasteiger partial charge >= 0.3 is 0 Å². The number of nitrogens with zero attached hydrogens (tertiary/aromatic N) is 3. The van der Waals surface area contributed by atoms with Crippen molar-refractivity contribution >= 4 is 5.82 Å². The van der Waals surface area contributed by atoms with Gasteiger partial charge in [0.15, 0.2) is 0 Å². The van der Waals surface area contributed by atoms with Crippen LogP contribution in [0.25, 0.3) is 0 Å². The van der Waals surface area contributed by atoms with E-state index >= 15 is 0 Å². The maximum absolute atomic E-state index is 9.56. The molecule has 1 aromatic heterocycles. The maximum atomic E-state index is 9.56. The van der Waals surface area contributed by atoms with Crippen molar-refractivity contribution in [3.05, 3.63) is 22.9 Å². The van der Waals surface area contributed by atoms with Gasteiger partial charge in [-0.3, -0.25) is 0 Å². The Kier molecular flexibility index (Phi) is 3.33. The van der Waals surface area contributed by atoms with E-state index in [0.717, 1.165) is 36.7 Å². The van der Waals surface area contributed by atoms with Crippen molar-refractivity contribution in [3.63, 3.8) is 0 Å². The number of pyridine rings is 1. The molecule has 1 aromatic rings. The average Bonchev–Trinajstić information content (AvgIpc) is 3.00. The first-order valence-electron chi connectivity index (χ1n) is 8.56. The lowest BCUT2D eigenvalue weighted by molar-refractivity contribution is 0.242. The Morgan fingerprint density at radius 3 is 2.86 bits per heavy atom. The van der Waals surface area contributed by atoms with E-state index in [1.807, 2.05) is 0 Å². The van der Waals surface area contributed by atoms with Crippen molar-refractivity contribution in [2.75, 3.05) is 11.4 Å². The Balaban J connectivity index is 1.73. The van der Waals surface area contributed by atoms with Gasteiger partial charge < -0.3 is 4.90 Å². The van der Waals surface area contributed by atoms with E-state index < -0.39 is 0 Å². The third-order valence-electron chi connectivity index (χ3n) is 5.67. The molecule has 110 valence electrons. The average molecular weight is 281 g/mol. The van der Waals surface area contributed by atoms with E-state index in [2.05, 4.69) is 17.0 Å². The summed E-state index contributed by atoms with van der Waals surface area (Å²) in [6.07, 6.45) is 11.4. The zero-order chi connectivity index (χ0) is 14.2. The number of piperidine rings is 1. The second-order valence-electron chi connectivity index (χ2n) is 6.88. The zero-order valence-electron chi connectivity index (χ0n) is 12.6. The Hall–Kier alpha value is -1.56. The Bertz CT molecular complexity index is 585. The highest BCUT2D eigenvalue weighted by molar-refractivity contribution is 5.57. The molecule has 21 heavy (non-hydrogen) atoms. The van der Waals surface area contributed by atoms with E-state index in [1.165, 1.54) is 56.2 Å². The molecule has 2 unspecified atom stereocenters. The molecule has 2 aliphatic carbocycles. The number of anilines is 1. The van der Waals surface area contributed by atoms with Crippen LogP contribution < -0.4 is 4.90 Å². The molecule has 0 aromatic carbocycles. The van der Waals surface area contributed by atoms with Crippen molar-refractivity contribution < 1.29 is 0 Å². The van der Waals surface area contributed by atoms with Crippen LogP contribution in [-0.4, -0.2) is 17.6 Å². The fourth-order valence-corrected chi connectivity index (χ4v) is 4.65. The molecule has 0 radical (unpaired) electrons. The first-order valence-corrected chi connectivity index (χ1v) is 8.56. The number of rotatable bonds is 1. The molecule has 2 fully saturated rings. The second kappa shape index (κ2) is 5.33. The monoisotopic (exact) mass is 281 g/mol. The standard InChI is InChI=1S/C18H23N3/c19-12-15-11-14-6-3-8-16(14)20-18(15)21-10-4-7-13-5-1-2-9-17(13)21/h11,13,17H,1-10H2. The van der Waals surface area contributed by atoms with Gasteiger partial charge in [-0.2, -0.15) is 5.26 Å². The summed E-state index contributed by atoms with van der Waals surface area (Å²) in [4.78, 5) is 7.43. The van der Waals surface area contributed by atoms with Crippen LogP contribution in [0.5, 0.6) is 0 Å². The normalized spacial score (nSPS) is 27.9. The van der Waals surface area contributed by atoms with Gasteiger partial charge in [0.1, 0.15) is 11.9 Å². The van der Waals surface area contributed by atoms with E-state index in [0.29, 0.717) is 6.04 Å². The lowest BCUT2D eigenvalue weighted by atomic mass is 9.78. The van der Waals surface area contributed by atoms with Crippen LogP contribution in [0.1, 0.15) is 61.8 Å². The van der Waals surface area contributed by atoms with Crippen LogP contribution in [-0.2, 0) is 12.8 Å². The molecule has 3 nitrogen and oxygen atoms in total. The zero-order valence-corrected chi connectivity index (χ0v) is 12.6. The lowest BCUT2D eigenvalue weighted by Gasteiger charge is -2.45. The van der Waals surface area contributed by atoms with Gasteiger partial charge in [-0.05, 0) is 62.5 Å². The molecule has 2 atom stereocenters. The summed E-state index contributed by atoms with van der Waals surface area (Å²) in [7, 11) is 0. The molecule has 1 saturated heterocycles. The third-order valence-corrected chi connectivity index (χ3v) is 5.67. The molecule has 3 aliphatic rings. The van der Waals surface area contributed by atoms with Gasteiger partial charge in [-0.15, -0.1) is 0 Å². The van der Waals surface area contributed by atoms with Gasteiger partial charge in [0.25, 0.3) is 0 Å². The first kappa shape index (κ1) is 13.1. The number of hydrogen-bond donors (Lipinski definition) is 0. The molecule has 0 N–H and O–H groups in total. The van der Waals surface area contributed by atoms with E-state index in [4.69, 9.17) is 4.98 Å².